The molecule has 2 atom stereocenters. The number of carbonyl (C=O) groups is 2. The van der Waals surface area contributed by atoms with Crippen LogP contribution in [0.15, 0.2) is 24.3 Å². The van der Waals surface area contributed by atoms with Crippen LogP contribution in [0.25, 0.3) is 0 Å². The lowest BCUT2D eigenvalue weighted by molar-refractivity contribution is -0.166. The number of aliphatic hydroxyl groups is 1. The molecule has 0 aliphatic heterocycles. The molecule has 1 aromatic rings. The van der Waals surface area contributed by atoms with Gasteiger partial charge in [0.15, 0.2) is 6.10 Å². The number of ether oxygens (including phenoxy) is 3. The van der Waals surface area contributed by atoms with Gasteiger partial charge in [-0.2, -0.15) is 0 Å². The van der Waals surface area contributed by atoms with Crippen LogP contribution < -0.4 is 10.5 Å². The second-order valence-electron chi connectivity index (χ2n) is 8.06. The summed E-state index contributed by atoms with van der Waals surface area (Å²) in [5.41, 5.74) is 5.34. The monoisotopic (exact) mass is 367 g/mol. The van der Waals surface area contributed by atoms with E-state index in [9.17, 15) is 14.7 Å². The highest BCUT2D eigenvalue weighted by Crippen LogP contribution is 2.17. The Labute approximate surface area is 154 Å². The lowest BCUT2D eigenvalue weighted by atomic mass is 10.0. The molecule has 146 valence electrons. The summed E-state index contributed by atoms with van der Waals surface area (Å²) in [6.45, 7) is 10.4. The second-order valence-corrected chi connectivity index (χ2v) is 8.06. The van der Waals surface area contributed by atoms with Gasteiger partial charge in [0, 0.05) is 6.04 Å². The smallest absolute Gasteiger partial charge is 0.458 e. The number of aliphatic hydroxyl groups excluding tert-OH is 1. The van der Waals surface area contributed by atoms with Crippen LogP contribution in [0.5, 0.6) is 5.75 Å². The molecule has 0 aliphatic rings. The summed E-state index contributed by atoms with van der Waals surface area (Å²) in [5, 5.41) is 10.0. The Morgan fingerprint density at radius 1 is 1.00 bits per heavy atom. The number of rotatable bonds is 5. The topological polar surface area (TPSA) is 108 Å². The van der Waals surface area contributed by atoms with Crippen LogP contribution in [-0.4, -0.2) is 40.6 Å². The summed E-state index contributed by atoms with van der Waals surface area (Å²) in [4.78, 5) is 23.5. The molecule has 7 nitrogen and oxygen atoms in total. The van der Waals surface area contributed by atoms with Crippen molar-refractivity contribution in [3.63, 3.8) is 0 Å². The minimum atomic E-state index is -1.42. The van der Waals surface area contributed by atoms with Crippen molar-refractivity contribution < 1.29 is 28.9 Å². The van der Waals surface area contributed by atoms with Crippen molar-refractivity contribution in [1.29, 1.82) is 0 Å². The SMILES string of the molecule is CC(C)(C)OC(=O)Oc1ccc(C[C@H](N)C(O)C(=O)OC(C)(C)C)cc1. The van der Waals surface area contributed by atoms with Crippen LogP contribution in [-0.2, 0) is 20.7 Å². The van der Waals surface area contributed by atoms with E-state index in [0.29, 0.717) is 5.75 Å². The van der Waals surface area contributed by atoms with E-state index >= 15 is 0 Å². The Morgan fingerprint density at radius 3 is 1.96 bits per heavy atom. The van der Waals surface area contributed by atoms with Crippen molar-refractivity contribution in [2.75, 3.05) is 0 Å². The lowest BCUT2D eigenvalue weighted by Gasteiger charge is -2.24. The van der Waals surface area contributed by atoms with Gasteiger partial charge in [0.2, 0.25) is 0 Å². The molecule has 0 saturated carbocycles. The van der Waals surface area contributed by atoms with Crippen molar-refractivity contribution in [3.8, 4) is 5.75 Å². The van der Waals surface area contributed by atoms with Crippen molar-refractivity contribution in [1.82, 2.24) is 0 Å². The largest absolute Gasteiger partial charge is 0.514 e. The molecule has 1 unspecified atom stereocenters. The van der Waals surface area contributed by atoms with Crippen LogP contribution in [0.2, 0.25) is 0 Å². The molecule has 0 bridgehead atoms. The fourth-order valence-electron chi connectivity index (χ4n) is 1.98. The predicted octanol–water partition coefficient (Wildman–Crippen LogP) is 2.57. The first kappa shape index (κ1) is 21.9. The third-order valence-corrected chi connectivity index (χ3v) is 3.04. The maximum Gasteiger partial charge on any atom is 0.514 e. The molecule has 0 aromatic heterocycles. The van der Waals surface area contributed by atoms with Crippen LogP contribution in [0, 0.1) is 0 Å². The molecule has 0 fully saturated rings. The summed E-state index contributed by atoms with van der Waals surface area (Å²) in [6.07, 6.45) is -1.96. The number of carbonyl (C=O) groups excluding carboxylic acids is 2. The van der Waals surface area contributed by atoms with Gasteiger partial charge in [0.1, 0.15) is 17.0 Å². The zero-order chi connectivity index (χ0) is 20.1. The van der Waals surface area contributed by atoms with E-state index in [1.165, 1.54) is 0 Å². The molecule has 3 N–H and O–H groups in total. The van der Waals surface area contributed by atoms with E-state index in [2.05, 4.69) is 0 Å². The molecule has 1 aromatic carbocycles. The minimum Gasteiger partial charge on any atom is -0.458 e. The van der Waals surface area contributed by atoms with Gasteiger partial charge in [0.05, 0.1) is 0 Å². The third-order valence-electron chi connectivity index (χ3n) is 3.04. The predicted molar refractivity (Wildman–Crippen MR) is 96.8 cm³/mol. The summed E-state index contributed by atoms with van der Waals surface area (Å²) in [5.74, 6) is -0.431. The minimum absolute atomic E-state index is 0.257. The zero-order valence-corrected chi connectivity index (χ0v) is 16.2. The van der Waals surface area contributed by atoms with Crippen molar-refractivity contribution in [3.05, 3.63) is 29.8 Å². The molecule has 0 aliphatic carbocycles. The first-order chi connectivity index (χ1) is 11.8. The van der Waals surface area contributed by atoms with Gasteiger partial charge in [-0.15, -0.1) is 0 Å². The highest BCUT2D eigenvalue weighted by molar-refractivity contribution is 5.75. The molecular weight excluding hydrogens is 338 g/mol. The first-order valence-corrected chi connectivity index (χ1v) is 8.43. The first-order valence-electron chi connectivity index (χ1n) is 8.43. The van der Waals surface area contributed by atoms with Crippen LogP contribution in [0.4, 0.5) is 4.79 Å². The summed E-state index contributed by atoms with van der Waals surface area (Å²) in [6, 6.07) is 5.75. The molecular formula is C19H29NO6. The van der Waals surface area contributed by atoms with Crippen LogP contribution in [0.3, 0.4) is 0 Å². The van der Waals surface area contributed by atoms with Gasteiger partial charge in [0.25, 0.3) is 0 Å². The molecule has 26 heavy (non-hydrogen) atoms. The fraction of sp³-hybridized carbons (Fsp3) is 0.579. The van der Waals surface area contributed by atoms with E-state index < -0.39 is 35.5 Å². The van der Waals surface area contributed by atoms with E-state index in [4.69, 9.17) is 19.9 Å². The maximum atomic E-state index is 11.9. The molecule has 0 heterocycles. The van der Waals surface area contributed by atoms with Crippen LogP contribution in [0.1, 0.15) is 47.1 Å². The number of hydrogen-bond acceptors (Lipinski definition) is 7. The van der Waals surface area contributed by atoms with Crippen molar-refractivity contribution in [2.24, 2.45) is 5.73 Å². The number of hydrogen-bond donors (Lipinski definition) is 2. The average molecular weight is 367 g/mol. The Morgan fingerprint density at radius 2 is 1.50 bits per heavy atom. The van der Waals surface area contributed by atoms with E-state index in [1.807, 2.05) is 0 Å². The Balaban J connectivity index is 2.61. The highest BCUT2D eigenvalue weighted by atomic mass is 16.7. The summed E-state index contributed by atoms with van der Waals surface area (Å²) in [7, 11) is 0. The Hall–Kier alpha value is -2.12. The zero-order valence-electron chi connectivity index (χ0n) is 16.2. The number of esters is 1. The van der Waals surface area contributed by atoms with E-state index in [1.54, 1.807) is 65.8 Å². The third kappa shape index (κ3) is 8.31. The van der Waals surface area contributed by atoms with Gasteiger partial charge >= 0.3 is 12.1 Å². The molecule has 0 saturated heterocycles. The van der Waals surface area contributed by atoms with Gasteiger partial charge in [-0.3, -0.25) is 0 Å². The van der Waals surface area contributed by atoms with Crippen molar-refractivity contribution in [2.45, 2.75) is 71.3 Å². The van der Waals surface area contributed by atoms with Gasteiger partial charge in [-0.25, -0.2) is 9.59 Å². The van der Waals surface area contributed by atoms with E-state index in [-0.39, 0.29) is 6.42 Å². The highest BCUT2D eigenvalue weighted by Gasteiger charge is 2.28. The van der Waals surface area contributed by atoms with Crippen molar-refractivity contribution >= 4 is 12.1 Å². The number of nitrogens with two attached hydrogens (primary N) is 1. The summed E-state index contributed by atoms with van der Waals surface area (Å²) < 4.78 is 15.3. The Kier molecular flexibility index (Phi) is 7.17. The molecule has 0 amide bonds. The van der Waals surface area contributed by atoms with Crippen LogP contribution >= 0.6 is 0 Å². The maximum absolute atomic E-state index is 11.9. The fourth-order valence-corrected chi connectivity index (χ4v) is 1.98. The quantitative estimate of drug-likeness (QED) is 0.608. The average Bonchev–Trinajstić information content (AvgIpc) is 2.44. The molecule has 0 radical (unpaired) electrons. The van der Waals surface area contributed by atoms with Gasteiger partial charge < -0.3 is 25.1 Å². The second kappa shape index (κ2) is 8.51. The Bertz CT molecular complexity index is 612. The molecule has 7 heteroatoms. The van der Waals surface area contributed by atoms with Gasteiger partial charge in [-0.05, 0) is 65.7 Å². The summed E-state index contributed by atoms with van der Waals surface area (Å²) >= 11 is 0. The normalized spacial score (nSPS) is 14.3. The van der Waals surface area contributed by atoms with E-state index in [0.717, 1.165) is 5.56 Å². The van der Waals surface area contributed by atoms with Gasteiger partial charge in [-0.1, -0.05) is 12.1 Å². The standard InChI is InChI=1S/C19H29NO6/c1-18(2,3)25-16(22)15(21)14(20)11-12-7-9-13(10-8-12)24-17(23)26-19(4,5)6/h7-10,14-15,21H,11,20H2,1-6H3/t14-,15?/m0/s1. The molecule has 0 spiro atoms. The number of benzene rings is 1. The lowest BCUT2D eigenvalue weighted by Crippen LogP contribution is -2.45. The molecule has 1 rings (SSSR count).